The summed E-state index contributed by atoms with van der Waals surface area (Å²) in [7, 11) is 1.29. The standard InChI is InChI=1S/C34H62N6O14/c1-30(2,3)53-26(46)19(38)20(42)23(44)33(39)13-17(37)22(51-27-16(36)9-10-18(50-27)15(35)11-12-41)21(43)25(33)52-28-24(45)34(40-8,32(7,48)14-49-28)29(47)54-31(4,5)6/h10,15-17,19-22,24-25,27-28,40-43,45,48H,9,11-14,35-39H2,1-8H3/t15?,16-,17+,19?,20?,21+,22-,24+,25-,27-,28-,32+,33+,34+/m1/s1. The molecule has 14 atom stereocenters. The number of likely N-dealkylation sites (N-methyl/N-ethyl adjacent to an activating group) is 1. The van der Waals surface area contributed by atoms with Gasteiger partial charge < -0.3 is 87.9 Å². The van der Waals surface area contributed by atoms with Crippen molar-refractivity contribution in [1.82, 2.24) is 5.32 Å². The number of Topliss-reactive ketones (excluding diaryl/α,β-unsaturated/α-hetero) is 1. The SMILES string of the molecule is CN[C@]1(C(=O)OC(C)(C)C)[C@@H](O)[C@@H](O[C@@H]2[C@@H](O)[C@H](O[C@H]3OC(C(N)CCO)=CC[C@H]3N)[C@@H](N)C[C@]2(N)C(=O)C(O)C(N)C(=O)OC(C)(C)C)OC[C@]1(C)O. The molecule has 3 unspecified atom stereocenters. The molecule has 2 heterocycles. The number of hydrogen-bond acceptors (Lipinski definition) is 20. The fourth-order valence-electron chi connectivity index (χ4n) is 6.80. The molecule has 0 spiro atoms. The second-order valence-corrected chi connectivity index (χ2v) is 16.5. The number of aliphatic hydroxyl groups is 5. The number of nitrogens with one attached hydrogen (secondary N) is 1. The van der Waals surface area contributed by atoms with Gasteiger partial charge in [-0.2, -0.15) is 0 Å². The summed E-state index contributed by atoms with van der Waals surface area (Å²) in [4.78, 5) is 40.7. The number of ketones is 1. The summed E-state index contributed by atoms with van der Waals surface area (Å²) < 4.78 is 34.6. The molecule has 2 fully saturated rings. The lowest BCUT2D eigenvalue weighted by molar-refractivity contribution is -0.323. The van der Waals surface area contributed by atoms with Crippen LogP contribution < -0.4 is 34.0 Å². The van der Waals surface area contributed by atoms with Gasteiger partial charge in [-0.3, -0.25) is 9.59 Å². The molecule has 0 aromatic rings. The van der Waals surface area contributed by atoms with E-state index in [0.29, 0.717) is 0 Å². The Balaban J connectivity index is 2.07. The van der Waals surface area contributed by atoms with E-state index in [9.17, 15) is 39.9 Å². The minimum atomic E-state index is -2.49. The Bertz CT molecular complexity index is 1370. The zero-order valence-corrected chi connectivity index (χ0v) is 32.3. The lowest BCUT2D eigenvalue weighted by Crippen LogP contribution is -2.80. The number of ether oxygens (including phenoxy) is 6. The number of rotatable bonds is 13. The Morgan fingerprint density at radius 1 is 1.02 bits per heavy atom. The summed E-state index contributed by atoms with van der Waals surface area (Å²) in [5.41, 5.74) is 22.6. The molecule has 0 amide bonds. The number of aliphatic hydroxyl groups excluding tert-OH is 4. The van der Waals surface area contributed by atoms with E-state index in [2.05, 4.69) is 5.32 Å². The summed E-state index contributed by atoms with van der Waals surface area (Å²) in [6, 6.07) is -4.76. The van der Waals surface area contributed by atoms with Crippen LogP contribution in [0.25, 0.3) is 0 Å². The van der Waals surface area contributed by atoms with E-state index < -0.39 is 126 Å². The number of carbonyl (C=O) groups is 3. The molecule has 16 N–H and O–H groups in total. The molecule has 54 heavy (non-hydrogen) atoms. The molecular formula is C34H62N6O14. The average Bonchev–Trinajstić information content (AvgIpc) is 3.04. The van der Waals surface area contributed by atoms with Crippen LogP contribution in [-0.4, -0.2) is 159 Å². The van der Waals surface area contributed by atoms with Crippen LogP contribution in [0.4, 0.5) is 0 Å². The number of nitrogens with two attached hydrogens (primary N) is 5. The maximum atomic E-state index is 14.2. The third kappa shape index (κ3) is 9.57. The highest BCUT2D eigenvalue weighted by Gasteiger charge is 2.67. The van der Waals surface area contributed by atoms with E-state index in [0.717, 1.165) is 0 Å². The first kappa shape index (κ1) is 46.0. The van der Waals surface area contributed by atoms with Gasteiger partial charge in [0.2, 0.25) is 6.29 Å². The van der Waals surface area contributed by atoms with E-state index in [4.69, 9.17) is 57.1 Å². The maximum Gasteiger partial charge on any atom is 0.332 e. The van der Waals surface area contributed by atoms with E-state index in [1.807, 2.05) is 0 Å². The first-order valence-electron chi connectivity index (χ1n) is 17.8. The molecule has 1 aliphatic carbocycles. The van der Waals surface area contributed by atoms with Crippen LogP contribution in [0.15, 0.2) is 11.8 Å². The van der Waals surface area contributed by atoms with Gasteiger partial charge >= 0.3 is 11.9 Å². The topological polar surface area (TPSA) is 350 Å². The zero-order valence-electron chi connectivity index (χ0n) is 32.3. The van der Waals surface area contributed by atoms with Crippen molar-refractivity contribution in [1.29, 1.82) is 0 Å². The van der Waals surface area contributed by atoms with Crippen molar-refractivity contribution in [3.8, 4) is 0 Å². The first-order valence-corrected chi connectivity index (χ1v) is 17.8. The van der Waals surface area contributed by atoms with E-state index >= 15 is 0 Å². The van der Waals surface area contributed by atoms with Crippen LogP contribution in [0.5, 0.6) is 0 Å². The Labute approximate surface area is 314 Å². The quantitative estimate of drug-likeness (QED) is 0.0786. The molecule has 1 saturated carbocycles. The third-order valence-electron chi connectivity index (χ3n) is 9.66. The number of esters is 2. The van der Waals surface area contributed by atoms with Crippen LogP contribution in [0, 0.1) is 0 Å². The Morgan fingerprint density at radius 2 is 1.61 bits per heavy atom. The van der Waals surface area contributed by atoms with Crippen LogP contribution in [-0.2, 0) is 42.8 Å². The van der Waals surface area contributed by atoms with Crippen molar-refractivity contribution in [3.63, 3.8) is 0 Å². The summed E-state index contributed by atoms with van der Waals surface area (Å²) in [6.07, 6.45) is -11.6. The predicted octanol–water partition coefficient (Wildman–Crippen LogP) is -4.42. The van der Waals surface area contributed by atoms with Gasteiger partial charge in [-0.15, -0.1) is 0 Å². The summed E-state index contributed by atoms with van der Waals surface area (Å²) >= 11 is 0. The Hall–Kier alpha value is -2.41. The Morgan fingerprint density at radius 3 is 2.15 bits per heavy atom. The fourth-order valence-corrected chi connectivity index (χ4v) is 6.80. The van der Waals surface area contributed by atoms with Crippen molar-refractivity contribution >= 4 is 17.7 Å². The van der Waals surface area contributed by atoms with Gasteiger partial charge in [-0.1, -0.05) is 0 Å². The Kier molecular flexibility index (Phi) is 14.5. The second kappa shape index (κ2) is 17.0. The lowest BCUT2D eigenvalue weighted by Gasteiger charge is -2.54. The van der Waals surface area contributed by atoms with Crippen molar-refractivity contribution in [2.75, 3.05) is 20.3 Å². The van der Waals surface area contributed by atoms with Gasteiger partial charge in [0.25, 0.3) is 0 Å². The molecule has 2 aliphatic heterocycles. The summed E-state index contributed by atoms with van der Waals surface area (Å²) in [5.74, 6) is -3.25. The maximum absolute atomic E-state index is 14.2. The van der Waals surface area contributed by atoms with Crippen molar-refractivity contribution in [2.45, 2.75) is 163 Å². The molecule has 0 aromatic heterocycles. The molecular weight excluding hydrogens is 716 g/mol. The lowest BCUT2D eigenvalue weighted by atomic mass is 9.69. The molecule has 0 aromatic carbocycles. The molecule has 20 heteroatoms. The van der Waals surface area contributed by atoms with E-state index in [1.165, 1.54) is 14.0 Å². The number of carbonyl (C=O) groups excluding carboxylic acids is 3. The molecule has 1 saturated heterocycles. The van der Waals surface area contributed by atoms with Crippen LogP contribution in [0.1, 0.15) is 67.7 Å². The van der Waals surface area contributed by atoms with Gasteiger partial charge in [0.15, 0.2) is 17.6 Å². The monoisotopic (exact) mass is 778 g/mol. The van der Waals surface area contributed by atoms with Crippen molar-refractivity contribution in [2.24, 2.45) is 28.7 Å². The van der Waals surface area contributed by atoms with Crippen LogP contribution in [0.3, 0.4) is 0 Å². The average molecular weight is 779 g/mol. The van der Waals surface area contributed by atoms with Crippen LogP contribution in [0.2, 0.25) is 0 Å². The minimum absolute atomic E-state index is 0.162. The molecule has 3 rings (SSSR count). The third-order valence-corrected chi connectivity index (χ3v) is 9.66. The molecule has 0 radical (unpaired) electrons. The van der Waals surface area contributed by atoms with Gasteiger partial charge in [0.1, 0.15) is 64.7 Å². The highest BCUT2D eigenvalue weighted by atomic mass is 16.7. The summed E-state index contributed by atoms with van der Waals surface area (Å²) in [6.45, 7) is 9.72. The first-order chi connectivity index (χ1) is 24.7. The second-order valence-electron chi connectivity index (χ2n) is 16.5. The van der Waals surface area contributed by atoms with Crippen molar-refractivity contribution < 1.29 is 68.3 Å². The van der Waals surface area contributed by atoms with Gasteiger partial charge in [0.05, 0.1) is 18.7 Å². The van der Waals surface area contributed by atoms with Crippen LogP contribution >= 0.6 is 0 Å². The molecule has 3 aliphatic rings. The van der Waals surface area contributed by atoms with Gasteiger partial charge in [0, 0.05) is 12.6 Å². The zero-order chi connectivity index (χ0) is 41.4. The highest BCUT2D eigenvalue weighted by molar-refractivity contribution is 5.97. The number of hydrogen-bond donors (Lipinski definition) is 11. The summed E-state index contributed by atoms with van der Waals surface area (Å²) in [5, 5.41) is 58.4. The van der Waals surface area contributed by atoms with Gasteiger partial charge in [-0.05, 0) is 80.9 Å². The predicted molar refractivity (Wildman–Crippen MR) is 189 cm³/mol. The molecule has 0 bridgehead atoms. The van der Waals surface area contributed by atoms with Crippen molar-refractivity contribution in [3.05, 3.63) is 11.8 Å². The van der Waals surface area contributed by atoms with E-state index in [-0.39, 0.29) is 25.2 Å². The smallest absolute Gasteiger partial charge is 0.332 e. The minimum Gasteiger partial charge on any atom is -0.466 e. The van der Waals surface area contributed by atoms with Gasteiger partial charge in [-0.25, -0.2) is 4.79 Å². The molecule has 312 valence electrons. The largest absolute Gasteiger partial charge is 0.466 e. The highest BCUT2D eigenvalue weighted by Crippen LogP contribution is 2.40. The normalized spacial score (nSPS) is 38.0. The van der Waals surface area contributed by atoms with E-state index in [1.54, 1.807) is 47.6 Å². The molecule has 20 nitrogen and oxygen atoms in total. The fraction of sp³-hybridized carbons (Fsp3) is 0.853.